The van der Waals surface area contributed by atoms with Crippen LogP contribution in [0.3, 0.4) is 0 Å². The van der Waals surface area contributed by atoms with E-state index < -0.39 is 11.7 Å². The van der Waals surface area contributed by atoms with Gasteiger partial charge >= 0.3 is 6.09 Å². The van der Waals surface area contributed by atoms with Crippen LogP contribution >= 0.6 is 23.4 Å². The van der Waals surface area contributed by atoms with Crippen molar-refractivity contribution in [2.75, 3.05) is 38.3 Å². The number of benzene rings is 1. The molecule has 2 atom stereocenters. The van der Waals surface area contributed by atoms with E-state index >= 15 is 0 Å². The lowest BCUT2D eigenvalue weighted by atomic mass is 9.73. The number of ether oxygens (including phenoxy) is 3. The van der Waals surface area contributed by atoms with Crippen LogP contribution in [0.25, 0.3) is 10.9 Å². The number of piperidine rings is 1. The smallest absolute Gasteiger partial charge is 0.407 e. The summed E-state index contributed by atoms with van der Waals surface area (Å²) in [6.07, 6.45) is 2.45. The van der Waals surface area contributed by atoms with E-state index in [1.807, 2.05) is 40.7 Å². The number of nitrogens with zero attached hydrogens (tertiary/aromatic N) is 5. The van der Waals surface area contributed by atoms with Crippen molar-refractivity contribution in [3.05, 3.63) is 45.2 Å². The summed E-state index contributed by atoms with van der Waals surface area (Å²) in [5, 5.41) is 14.6. The molecule has 1 amide bonds. The number of hydrogen-bond acceptors (Lipinski definition) is 11. The number of rotatable bonds is 8. The van der Waals surface area contributed by atoms with Gasteiger partial charge in [-0.15, -0.1) is 0 Å². The molecule has 0 saturated carbocycles. The molecule has 2 saturated heterocycles. The molecule has 1 spiro atoms. The zero-order valence-corrected chi connectivity index (χ0v) is 28.1. The third kappa shape index (κ3) is 7.07. The van der Waals surface area contributed by atoms with Crippen LogP contribution in [0.5, 0.6) is 0 Å². The zero-order valence-electron chi connectivity index (χ0n) is 26.6. The number of carbonyl (C=O) groups is 1. The summed E-state index contributed by atoms with van der Waals surface area (Å²) in [6.45, 7) is 11.7. The van der Waals surface area contributed by atoms with Crippen molar-refractivity contribution in [2.45, 2.75) is 88.3 Å². The molecule has 1 aromatic carbocycles. The fourth-order valence-electron chi connectivity index (χ4n) is 6.00. The van der Waals surface area contributed by atoms with E-state index in [0.717, 1.165) is 12.8 Å². The van der Waals surface area contributed by atoms with Gasteiger partial charge in [-0.25, -0.2) is 19.7 Å². The Kier molecular flexibility index (Phi) is 9.95. The topological polar surface area (TPSA) is 141 Å². The van der Waals surface area contributed by atoms with Crippen molar-refractivity contribution in [1.82, 2.24) is 24.8 Å². The summed E-state index contributed by atoms with van der Waals surface area (Å²) in [5.74, 6) is 0.632. The third-order valence-corrected chi connectivity index (χ3v) is 10.0. The number of halogens is 1. The van der Waals surface area contributed by atoms with E-state index in [9.17, 15) is 14.7 Å². The number of alkyl carbamates (subject to hydrolysis) is 1. The Morgan fingerprint density at radius 3 is 2.67 bits per heavy atom. The zero-order chi connectivity index (χ0) is 32.5. The highest BCUT2D eigenvalue weighted by Gasteiger charge is 2.50. The molecule has 0 aliphatic carbocycles. The number of nitrogens with one attached hydrogen (secondary N) is 1. The number of anilines is 1. The Balaban J connectivity index is 1.34. The summed E-state index contributed by atoms with van der Waals surface area (Å²) < 4.78 is 18.1. The van der Waals surface area contributed by atoms with Crippen LogP contribution in [0, 0.1) is 12.3 Å². The predicted octanol–water partition coefficient (Wildman–Crippen LogP) is 4.34. The molecule has 14 heteroatoms. The minimum absolute atomic E-state index is 0.138. The van der Waals surface area contributed by atoms with E-state index in [1.165, 1.54) is 22.7 Å². The Hall–Kier alpha value is -2.97. The molecular weight excluding hydrogens is 620 g/mol. The molecule has 2 fully saturated rings. The lowest BCUT2D eigenvalue weighted by Gasteiger charge is -2.43. The summed E-state index contributed by atoms with van der Waals surface area (Å²) in [6, 6.07) is 3.40. The molecule has 2 aromatic heterocycles. The molecule has 5 rings (SSSR count). The maximum atomic E-state index is 13.2. The summed E-state index contributed by atoms with van der Waals surface area (Å²) in [4.78, 5) is 42.6. The van der Waals surface area contributed by atoms with E-state index in [2.05, 4.69) is 15.2 Å². The van der Waals surface area contributed by atoms with Crippen molar-refractivity contribution >= 4 is 46.2 Å². The number of fused-ring (bicyclic) bond motifs is 1. The van der Waals surface area contributed by atoms with Crippen LogP contribution in [0.1, 0.15) is 51.9 Å². The fraction of sp³-hybridized carbons (Fsp3) is 0.581. The quantitative estimate of drug-likeness (QED) is 0.357. The number of amides is 1. The number of carbonyl (C=O) groups excluding carboxylic acids is 1. The second-order valence-electron chi connectivity index (χ2n) is 12.6. The Morgan fingerprint density at radius 2 is 2.00 bits per heavy atom. The van der Waals surface area contributed by atoms with Crippen molar-refractivity contribution in [2.24, 2.45) is 5.41 Å². The van der Waals surface area contributed by atoms with Crippen molar-refractivity contribution in [1.29, 1.82) is 0 Å². The van der Waals surface area contributed by atoms with Gasteiger partial charge < -0.3 is 29.5 Å². The van der Waals surface area contributed by atoms with Gasteiger partial charge in [0.1, 0.15) is 16.3 Å². The Morgan fingerprint density at radius 1 is 1.27 bits per heavy atom. The molecule has 3 aromatic rings. The molecule has 12 nitrogen and oxygen atoms in total. The minimum Gasteiger partial charge on any atom is -0.444 e. The van der Waals surface area contributed by atoms with Gasteiger partial charge in [0.05, 0.1) is 66.5 Å². The van der Waals surface area contributed by atoms with Crippen LogP contribution in [0.4, 0.5) is 10.6 Å². The first-order valence-corrected chi connectivity index (χ1v) is 16.2. The van der Waals surface area contributed by atoms with Gasteiger partial charge in [-0.3, -0.25) is 9.36 Å². The highest BCUT2D eigenvalue weighted by atomic mass is 35.5. The molecule has 244 valence electrons. The molecule has 0 bridgehead atoms. The first-order valence-electron chi connectivity index (χ1n) is 15.0. The monoisotopic (exact) mass is 660 g/mol. The highest BCUT2D eigenvalue weighted by Crippen LogP contribution is 2.44. The van der Waals surface area contributed by atoms with Gasteiger partial charge in [-0.2, -0.15) is 0 Å². The Labute approximate surface area is 271 Å². The number of aryl methyl sites for hydroxylation is 1. The molecule has 45 heavy (non-hydrogen) atoms. The first kappa shape index (κ1) is 33.4. The molecule has 2 aliphatic heterocycles. The Bertz CT molecular complexity index is 1620. The average Bonchev–Trinajstić information content (AvgIpc) is 3.28. The van der Waals surface area contributed by atoms with Gasteiger partial charge in [-0.05, 0) is 59.6 Å². The largest absolute Gasteiger partial charge is 0.444 e. The van der Waals surface area contributed by atoms with Crippen molar-refractivity contribution in [3.8, 4) is 0 Å². The summed E-state index contributed by atoms with van der Waals surface area (Å²) in [5.41, 5.74) is 0.577. The number of methoxy groups -OCH3 is 1. The van der Waals surface area contributed by atoms with E-state index in [1.54, 1.807) is 13.2 Å². The molecule has 2 N–H and O–H groups in total. The molecular formula is C31H41ClN6O6S. The van der Waals surface area contributed by atoms with Crippen LogP contribution < -0.4 is 15.8 Å². The summed E-state index contributed by atoms with van der Waals surface area (Å²) >= 11 is 8.06. The lowest BCUT2D eigenvalue weighted by molar-refractivity contribution is 0.0434. The van der Waals surface area contributed by atoms with Crippen LogP contribution in [-0.2, 0) is 27.4 Å². The molecule has 0 radical (unpaired) electrons. The van der Waals surface area contributed by atoms with Crippen LogP contribution in [0.15, 0.2) is 33.2 Å². The van der Waals surface area contributed by atoms with Crippen molar-refractivity contribution < 1.29 is 24.1 Å². The van der Waals surface area contributed by atoms with Gasteiger partial charge in [-0.1, -0.05) is 23.4 Å². The van der Waals surface area contributed by atoms with Crippen LogP contribution in [-0.4, -0.2) is 81.9 Å². The fourth-order valence-corrected chi connectivity index (χ4v) is 7.25. The van der Waals surface area contributed by atoms with Gasteiger partial charge in [0, 0.05) is 30.5 Å². The lowest BCUT2D eigenvalue weighted by Crippen LogP contribution is -2.55. The number of aromatic nitrogens is 4. The molecule has 2 aliphatic rings. The standard InChI is InChI=1S/C31H41ClN6O6S/c1-18-27(45-22-8-7-20-23(24(22)32)28(40)38(17-33-20)13-14-42-6)35-21(15-39)26(34-18)37-11-9-31(10-12-37)16-43-19(2)25(31)36-29(41)44-30(3,4)5/h7-8,17,19,25,39H,9-16H2,1-6H3,(H,36,41)/t19-,25+/m0/s1. The van der Waals surface area contributed by atoms with Gasteiger partial charge in [0.25, 0.3) is 5.56 Å². The average molecular weight is 661 g/mol. The third-order valence-electron chi connectivity index (χ3n) is 8.36. The maximum absolute atomic E-state index is 13.2. The second kappa shape index (κ2) is 13.4. The second-order valence-corrected chi connectivity index (χ2v) is 14.1. The minimum atomic E-state index is -0.590. The van der Waals surface area contributed by atoms with E-state index in [4.69, 9.17) is 35.8 Å². The predicted molar refractivity (Wildman–Crippen MR) is 172 cm³/mol. The first-order chi connectivity index (χ1) is 21.4. The van der Waals surface area contributed by atoms with Gasteiger partial charge in [0.15, 0.2) is 5.82 Å². The SMILES string of the molecule is COCCn1cnc2ccc(Sc3nc(CO)c(N4CCC5(CC4)CO[C@@H](C)[C@H]5NC(=O)OC(C)(C)C)nc3C)c(Cl)c2c1=O. The van der Waals surface area contributed by atoms with Crippen molar-refractivity contribution in [3.63, 3.8) is 0 Å². The number of hydrogen-bond donors (Lipinski definition) is 2. The molecule has 4 heterocycles. The molecule has 0 unspecified atom stereocenters. The van der Waals surface area contributed by atoms with E-state index in [-0.39, 0.29) is 29.7 Å². The highest BCUT2D eigenvalue weighted by molar-refractivity contribution is 7.99. The van der Waals surface area contributed by atoms with Gasteiger partial charge in [0.2, 0.25) is 0 Å². The normalized spacial score (nSPS) is 19.8. The summed E-state index contributed by atoms with van der Waals surface area (Å²) in [7, 11) is 1.57. The maximum Gasteiger partial charge on any atom is 0.407 e. The van der Waals surface area contributed by atoms with E-state index in [0.29, 0.717) is 75.9 Å². The number of aliphatic hydroxyl groups excluding tert-OH is 1. The van der Waals surface area contributed by atoms with Crippen LogP contribution in [0.2, 0.25) is 5.02 Å². The number of aliphatic hydroxyl groups is 1.